The van der Waals surface area contributed by atoms with Crippen molar-refractivity contribution in [3.05, 3.63) is 143 Å². The summed E-state index contributed by atoms with van der Waals surface area (Å²) in [7, 11) is 0. The summed E-state index contributed by atoms with van der Waals surface area (Å²) in [6.45, 7) is 2.32. The van der Waals surface area contributed by atoms with Gasteiger partial charge in [-0.3, -0.25) is 14.4 Å². The standard InChI is InChI=1S/C37H36ClN3O5/c1-26(9-8-14-34(43)40(21-22-42)24-27-10-4-2-5-11-27)37(46)32-23-30(38)17-20-33(32)41(36(37)45)25-28-15-18-31(19-16-28)39-35(44)29-12-6-3-7-13-29/h2-13,15-20,23,26,42,46H,14,21-22,24-25H2,1H3,(H,39,44)/b9-8+/t26-,37+/m1/s1. The first-order valence-electron chi connectivity index (χ1n) is 15.1. The number of nitrogens with zero attached hydrogens (tertiary/aromatic N) is 2. The molecule has 0 aromatic heterocycles. The maximum atomic E-state index is 13.9. The Labute approximate surface area is 273 Å². The fourth-order valence-corrected chi connectivity index (χ4v) is 5.78. The van der Waals surface area contributed by atoms with Gasteiger partial charge in [-0.15, -0.1) is 0 Å². The average Bonchev–Trinajstić information content (AvgIpc) is 3.28. The Morgan fingerprint density at radius 1 is 0.957 bits per heavy atom. The van der Waals surface area contributed by atoms with Crippen LogP contribution in [-0.4, -0.2) is 46.0 Å². The third-order valence-electron chi connectivity index (χ3n) is 8.13. The van der Waals surface area contributed by atoms with Crippen LogP contribution in [0.3, 0.4) is 0 Å². The van der Waals surface area contributed by atoms with Gasteiger partial charge in [0.25, 0.3) is 11.8 Å². The third-order valence-corrected chi connectivity index (χ3v) is 8.37. The summed E-state index contributed by atoms with van der Waals surface area (Å²) in [6, 6.07) is 30.6. The second kappa shape index (κ2) is 14.6. The van der Waals surface area contributed by atoms with Gasteiger partial charge in [-0.25, -0.2) is 0 Å². The molecule has 0 bridgehead atoms. The van der Waals surface area contributed by atoms with E-state index in [2.05, 4.69) is 5.32 Å². The van der Waals surface area contributed by atoms with E-state index in [9.17, 15) is 24.6 Å². The first-order valence-corrected chi connectivity index (χ1v) is 15.5. The molecule has 0 saturated heterocycles. The predicted octanol–water partition coefficient (Wildman–Crippen LogP) is 5.93. The Balaban J connectivity index is 1.29. The topological polar surface area (TPSA) is 110 Å². The van der Waals surface area contributed by atoms with Gasteiger partial charge < -0.3 is 25.3 Å². The molecule has 0 spiro atoms. The third kappa shape index (κ3) is 7.21. The van der Waals surface area contributed by atoms with E-state index >= 15 is 0 Å². The van der Waals surface area contributed by atoms with E-state index in [1.165, 1.54) is 4.90 Å². The van der Waals surface area contributed by atoms with Crippen LogP contribution in [0.5, 0.6) is 0 Å². The molecule has 2 atom stereocenters. The van der Waals surface area contributed by atoms with Gasteiger partial charge in [-0.1, -0.05) is 91.3 Å². The Morgan fingerprint density at radius 2 is 1.63 bits per heavy atom. The number of carbonyl (C=O) groups excluding carboxylic acids is 3. The van der Waals surface area contributed by atoms with Gasteiger partial charge in [0, 0.05) is 47.3 Å². The molecule has 1 aliphatic rings. The van der Waals surface area contributed by atoms with Gasteiger partial charge in [0.1, 0.15) is 0 Å². The van der Waals surface area contributed by atoms with Crippen LogP contribution < -0.4 is 10.2 Å². The molecule has 0 unspecified atom stereocenters. The highest BCUT2D eigenvalue weighted by molar-refractivity contribution is 6.31. The summed E-state index contributed by atoms with van der Waals surface area (Å²) in [6.07, 6.45) is 3.37. The molecule has 46 heavy (non-hydrogen) atoms. The molecule has 236 valence electrons. The van der Waals surface area contributed by atoms with Crippen LogP contribution in [0, 0.1) is 5.92 Å². The SMILES string of the molecule is C[C@H](/C=C/CC(=O)N(CCO)Cc1ccccc1)[C@@]1(O)C(=O)N(Cc2ccc(NC(=O)c3ccccc3)cc2)c2ccc(Cl)cc21. The molecular formula is C37H36ClN3O5. The lowest BCUT2D eigenvalue weighted by atomic mass is 9.83. The van der Waals surface area contributed by atoms with E-state index in [1.807, 2.05) is 48.5 Å². The van der Waals surface area contributed by atoms with Crippen LogP contribution in [0.15, 0.2) is 115 Å². The summed E-state index contributed by atoms with van der Waals surface area (Å²) in [5, 5.41) is 24.7. The van der Waals surface area contributed by atoms with E-state index in [0.717, 1.165) is 11.1 Å². The van der Waals surface area contributed by atoms with Crippen LogP contribution in [0.2, 0.25) is 5.02 Å². The highest BCUT2D eigenvalue weighted by Crippen LogP contribution is 2.46. The summed E-state index contributed by atoms with van der Waals surface area (Å²) >= 11 is 6.33. The van der Waals surface area contributed by atoms with Crippen LogP contribution in [0.1, 0.15) is 40.4 Å². The van der Waals surface area contributed by atoms with Crippen molar-refractivity contribution < 1.29 is 24.6 Å². The lowest BCUT2D eigenvalue weighted by Gasteiger charge is -2.28. The Morgan fingerprint density at radius 3 is 2.30 bits per heavy atom. The highest BCUT2D eigenvalue weighted by atomic mass is 35.5. The number of benzene rings is 4. The maximum absolute atomic E-state index is 13.9. The molecule has 0 aliphatic carbocycles. The number of nitrogens with one attached hydrogen (secondary N) is 1. The summed E-state index contributed by atoms with van der Waals surface area (Å²) in [5.74, 6) is -1.59. The minimum atomic E-state index is -1.90. The Kier molecular flexibility index (Phi) is 10.3. The predicted molar refractivity (Wildman–Crippen MR) is 179 cm³/mol. The molecule has 9 heteroatoms. The maximum Gasteiger partial charge on any atom is 0.264 e. The van der Waals surface area contributed by atoms with Crippen molar-refractivity contribution in [2.24, 2.45) is 5.92 Å². The average molecular weight is 638 g/mol. The Bertz CT molecular complexity index is 1710. The second-order valence-electron chi connectivity index (χ2n) is 11.3. The number of hydrogen-bond acceptors (Lipinski definition) is 5. The van der Waals surface area contributed by atoms with E-state index in [4.69, 9.17) is 11.6 Å². The second-order valence-corrected chi connectivity index (χ2v) is 11.7. The van der Waals surface area contributed by atoms with Gasteiger partial charge in [-0.05, 0) is 53.6 Å². The number of rotatable bonds is 12. The van der Waals surface area contributed by atoms with Crippen molar-refractivity contribution in [1.82, 2.24) is 4.90 Å². The van der Waals surface area contributed by atoms with Crippen molar-refractivity contribution in [2.75, 3.05) is 23.4 Å². The molecule has 0 saturated carbocycles. The zero-order valence-electron chi connectivity index (χ0n) is 25.5. The van der Waals surface area contributed by atoms with Crippen LogP contribution in [-0.2, 0) is 28.3 Å². The number of fused-ring (bicyclic) bond motifs is 1. The van der Waals surface area contributed by atoms with Crippen LogP contribution >= 0.6 is 11.6 Å². The quantitative estimate of drug-likeness (QED) is 0.167. The number of aliphatic hydroxyl groups excluding tert-OH is 1. The highest BCUT2D eigenvalue weighted by Gasteiger charge is 2.52. The number of anilines is 2. The number of amides is 3. The normalized spacial score (nSPS) is 16.3. The minimum absolute atomic E-state index is 0.0424. The minimum Gasteiger partial charge on any atom is -0.395 e. The van der Waals surface area contributed by atoms with Gasteiger partial charge >= 0.3 is 0 Å². The smallest absolute Gasteiger partial charge is 0.264 e. The molecule has 4 aromatic rings. The molecule has 5 rings (SSSR count). The summed E-state index contributed by atoms with van der Waals surface area (Å²) in [4.78, 5) is 42.6. The van der Waals surface area contributed by atoms with Crippen molar-refractivity contribution in [1.29, 1.82) is 0 Å². The lowest BCUT2D eigenvalue weighted by Crippen LogP contribution is -2.44. The van der Waals surface area contributed by atoms with Crippen molar-refractivity contribution in [2.45, 2.75) is 32.0 Å². The summed E-state index contributed by atoms with van der Waals surface area (Å²) in [5.41, 5.74) is 1.95. The van der Waals surface area contributed by atoms with E-state index < -0.39 is 17.4 Å². The summed E-state index contributed by atoms with van der Waals surface area (Å²) < 4.78 is 0. The van der Waals surface area contributed by atoms with Gasteiger partial charge in [0.15, 0.2) is 5.60 Å². The van der Waals surface area contributed by atoms with Crippen molar-refractivity contribution >= 4 is 40.7 Å². The number of carbonyl (C=O) groups is 3. The molecule has 1 aliphatic heterocycles. The van der Waals surface area contributed by atoms with Crippen LogP contribution in [0.25, 0.3) is 0 Å². The zero-order chi connectivity index (χ0) is 32.7. The molecule has 1 heterocycles. The molecule has 0 fully saturated rings. The molecule has 3 N–H and O–H groups in total. The number of aliphatic hydroxyl groups is 2. The molecular weight excluding hydrogens is 602 g/mol. The lowest BCUT2D eigenvalue weighted by molar-refractivity contribution is -0.139. The van der Waals surface area contributed by atoms with Gasteiger partial charge in [0.2, 0.25) is 5.91 Å². The van der Waals surface area contributed by atoms with Crippen molar-refractivity contribution in [3.8, 4) is 0 Å². The first-order chi connectivity index (χ1) is 22.2. The molecule has 3 amide bonds. The van der Waals surface area contributed by atoms with Gasteiger partial charge in [0.05, 0.1) is 18.8 Å². The van der Waals surface area contributed by atoms with E-state index in [1.54, 1.807) is 78.6 Å². The van der Waals surface area contributed by atoms with Crippen molar-refractivity contribution in [3.63, 3.8) is 0 Å². The van der Waals surface area contributed by atoms with Gasteiger partial charge in [-0.2, -0.15) is 0 Å². The Hall–Kier alpha value is -4.76. The largest absolute Gasteiger partial charge is 0.395 e. The molecule has 4 aromatic carbocycles. The molecule has 0 radical (unpaired) electrons. The fraction of sp³-hybridized carbons (Fsp3) is 0.216. The fourth-order valence-electron chi connectivity index (χ4n) is 5.60. The number of hydrogen-bond donors (Lipinski definition) is 3. The van der Waals surface area contributed by atoms with E-state index in [-0.39, 0.29) is 37.9 Å². The monoisotopic (exact) mass is 637 g/mol. The number of halogens is 1. The molecule has 8 nitrogen and oxygen atoms in total. The van der Waals surface area contributed by atoms with E-state index in [0.29, 0.717) is 34.1 Å². The van der Waals surface area contributed by atoms with Crippen LogP contribution in [0.4, 0.5) is 11.4 Å². The zero-order valence-corrected chi connectivity index (χ0v) is 26.2. The first kappa shape index (κ1) is 32.6.